The summed E-state index contributed by atoms with van der Waals surface area (Å²) in [6, 6.07) is 0. The quantitative estimate of drug-likeness (QED) is 0.388. The summed E-state index contributed by atoms with van der Waals surface area (Å²) in [6.45, 7) is 2.93. The third kappa shape index (κ3) is 3.77. The topological polar surface area (TPSA) is 95.7 Å². The van der Waals surface area contributed by atoms with Gasteiger partial charge in [-0.15, -0.1) is 0 Å². The zero-order chi connectivity index (χ0) is 14.5. The first-order chi connectivity index (χ1) is 9.60. The van der Waals surface area contributed by atoms with Gasteiger partial charge in [0.15, 0.2) is 0 Å². The van der Waals surface area contributed by atoms with Crippen LogP contribution in [0.4, 0.5) is 0 Å². The molecule has 2 rings (SSSR count). The van der Waals surface area contributed by atoms with Gasteiger partial charge in [-0.3, -0.25) is 24.7 Å². The molecule has 2 fully saturated rings. The number of nitrogens with one attached hydrogen (secondary N) is 1. The second-order valence-corrected chi connectivity index (χ2v) is 5.48. The Labute approximate surface area is 118 Å². The molecule has 20 heavy (non-hydrogen) atoms. The summed E-state index contributed by atoms with van der Waals surface area (Å²) in [5.41, 5.74) is 2.17. The molecule has 0 saturated carbocycles. The Bertz CT molecular complexity index is 381. The molecule has 0 radical (unpaired) electrons. The van der Waals surface area contributed by atoms with Gasteiger partial charge in [-0.25, -0.2) is 5.84 Å². The number of hydrogen-bond acceptors (Lipinski definition) is 5. The minimum Gasteiger partial charge on any atom is -0.342 e. The Hall–Kier alpha value is -1.47. The van der Waals surface area contributed by atoms with Gasteiger partial charge in [0.2, 0.25) is 11.8 Å². The van der Waals surface area contributed by atoms with Gasteiger partial charge in [0.25, 0.3) is 0 Å². The summed E-state index contributed by atoms with van der Waals surface area (Å²) in [7, 11) is 0. The molecule has 112 valence electrons. The fourth-order valence-electron chi connectivity index (χ4n) is 2.76. The lowest BCUT2D eigenvalue weighted by atomic mass is 9.96. The predicted molar refractivity (Wildman–Crippen MR) is 72.3 cm³/mol. The van der Waals surface area contributed by atoms with Gasteiger partial charge in [0, 0.05) is 44.9 Å². The van der Waals surface area contributed by atoms with E-state index in [1.807, 2.05) is 4.90 Å². The van der Waals surface area contributed by atoms with Crippen molar-refractivity contribution < 1.29 is 14.4 Å². The molecule has 0 atom stereocenters. The third-order valence-electron chi connectivity index (χ3n) is 4.13. The van der Waals surface area contributed by atoms with Crippen LogP contribution in [0, 0.1) is 5.92 Å². The van der Waals surface area contributed by atoms with Crippen molar-refractivity contribution in [3.05, 3.63) is 0 Å². The van der Waals surface area contributed by atoms with Crippen molar-refractivity contribution in [1.82, 2.24) is 15.2 Å². The maximum Gasteiger partial charge on any atom is 0.237 e. The highest BCUT2D eigenvalue weighted by Gasteiger charge is 2.28. The Balaban J connectivity index is 1.74. The normalized spacial score (nSPS) is 21.9. The van der Waals surface area contributed by atoms with E-state index in [-0.39, 0.29) is 23.5 Å². The van der Waals surface area contributed by atoms with Crippen molar-refractivity contribution in [3.8, 4) is 0 Å². The number of hydrogen-bond donors (Lipinski definition) is 2. The predicted octanol–water partition coefficient (Wildman–Crippen LogP) is -1.12. The van der Waals surface area contributed by atoms with Crippen LogP contribution in [0.1, 0.15) is 25.7 Å². The number of nitrogens with zero attached hydrogens (tertiary/aromatic N) is 2. The molecule has 0 unspecified atom stereocenters. The van der Waals surface area contributed by atoms with Crippen LogP contribution in [-0.2, 0) is 14.4 Å². The zero-order valence-corrected chi connectivity index (χ0v) is 11.6. The number of hydrazine groups is 1. The molecule has 2 aliphatic rings. The molecule has 2 amide bonds. The van der Waals surface area contributed by atoms with Crippen LogP contribution in [0.15, 0.2) is 0 Å². The average Bonchev–Trinajstić information content (AvgIpc) is 2.49. The van der Waals surface area contributed by atoms with Crippen LogP contribution in [0.5, 0.6) is 0 Å². The van der Waals surface area contributed by atoms with Gasteiger partial charge in [0.1, 0.15) is 5.78 Å². The number of piperidine rings is 2. The van der Waals surface area contributed by atoms with E-state index >= 15 is 0 Å². The Morgan fingerprint density at radius 1 is 1.15 bits per heavy atom. The molecule has 0 aliphatic carbocycles. The summed E-state index contributed by atoms with van der Waals surface area (Å²) in [5, 5.41) is 0. The lowest BCUT2D eigenvalue weighted by molar-refractivity contribution is -0.137. The van der Waals surface area contributed by atoms with Gasteiger partial charge >= 0.3 is 0 Å². The first-order valence-electron chi connectivity index (χ1n) is 7.12. The van der Waals surface area contributed by atoms with E-state index in [1.54, 1.807) is 4.90 Å². The Morgan fingerprint density at radius 3 is 2.30 bits per heavy atom. The zero-order valence-electron chi connectivity index (χ0n) is 11.6. The second kappa shape index (κ2) is 6.81. The lowest BCUT2D eigenvalue weighted by Gasteiger charge is -2.33. The van der Waals surface area contributed by atoms with E-state index in [2.05, 4.69) is 5.43 Å². The summed E-state index contributed by atoms with van der Waals surface area (Å²) < 4.78 is 0. The number of nitrogens with two attached hydrogens (primary N) is 1. The maximum absolute atomic E-state index is 12.2. The Kier molecular flexibility index (Phi) is 5.08. The minimum atomic E-state index is -0.147. The molecule has 3 N–H and O–H groups in total. The molecule has 0 spiro atoms. The van der Waals surface area contributed by atoms with Crippen LogP contribution in [0.2, 0.25) is 0 Å². The largest absolute Gasteiger partial charge is 0.342 e. The number of rotatable bonds is 3. The van der Waals surface area contributed by atoms with Gasteiger partial charge in [-0.2, -0.15) is 0 Å². The highest BCUT2D eigenvalue weighted by molar-refractivity contribution is 5.82. The molecule has 7 nitrogen and oxygen atoms in total. The van der Waals surface area contributed by atoms with Crippen molar-refractivity contribution in [1.29, 1.82) is 0 Å². The highest BCUT2D eigenvalue weighted by Crippen LogP contribution is 2.17. The molecule has 7 heteroatoms. The number of carbonyl (C=O) groups excluding carboxylic acids is 3. The van der Waals surface area contributed by atoms with E-state index in [4.69, 9.17) is 5.84 Å². The lowest BCUT2D eigenvalue weighted by Crippen LogP contribution is -2.48. The van der Waals surface area contributed by atoms with E-state index in [0.29, 0.717) is 58.4 Å². The molecular weight excluding hydrogens is 260 g/mol. The molecule has 0 aromatic carbocycles. The van der Waals surface area contributed by atoms with Crippen LogP contribution in [-0.4, -0.2) is 60.1 Å². The molecule has 2 aliphatic heterocycles. The SMILES string of the molecule is NNC(=O)C1CCN(C(=O)CN2CCC(=O)CC2)CC1. The standard InChI is InChI=1S/C13H22N4O3/c14-15-13(20)10-1-7-17(8-2-10)12(19)9-16-5-3-11(18)4-6-16/h10H,1-9,14H2,(H,15,20). The van der Waals surface area contributed by atoms with E-state index < -0.39 is 0 Å². The smallest absolute Gasteiger partial charge is 0.237 e. The molecular formula is C13H22N4O3. The van der Waals surface area contributed by atoms with Crippen molar-refractivity contribution in [3.63, 3.8) is 0 Å². The monoisotopic (exact) mass is 282 g/mol. The van der Waals surface area contributed by atoms with Crippen molar-refractivity contribution in [2.75, 3.05) is 32.7 Å². The average molecular weight is 282 g/mol. The van der Waals surface area contributed by atoms with Crippen LogP contribution in [0.3, 0.4) is 0 Å². The van der Waals surface area contributed by atoms with Crippen LogP contribution < -0.4 is 11.3 Å². The molecule has 2 heterocycles. The maximum atomic E-state index is 12.2. The highest BCUT2D eigenvalue weighted by atomic mass is 16.2. The molecule has 0 aromatic rings. The number of likely N-dealkylation sites (tertiary alicyclic amines) is 2. The van der Waals surface area contributed by atoms with Gasteiger partial charge in [-0.05, 0) is 12.8 Å². The van der Waals surface area contributed by atoms with E-state index in [1.165, 1.54) is 0 Å². The van der Waals surface area contributed by atoms with E-state index in [0.717, 1.165) is 0 Å². The number of ketones is 1. The molecule has 0 bridgehead atoms. The molecule has 0 aromatic heterocycles. The van der Waals surface area contributed by atoms with Gasteiger partial charge < -0.3 is 4.90 Å². The van der Waals surface area contributed by atoms with Crippen LogP contribution >= 0.6 is 0 Å². The number of Topliss-reactive ketones (excluding diaryl/α,β-unsaturated/α-hetero) is 1. The van der Waals surface area contributed by atoms with E-state index in [9.17, 15) is 14.4 Å². The molecule has 2 saturated heterocycles. The second-order valence-electron chi connectivity index (χ2n) is 5.48. The van der Waals surface area contributed by atoms with Crippen molar-refractivity contribution >= 4 is 17.6 Å². The van der Waals surface area contributed by atoms with Gasteiger partial charge in [-0.1, -0.05) is 0 Å². The fraction of sp³-hybridized carbons (Fsp3) is 0.769. The first-order valence-corrected chi connectivity index (χ1v) is 7.12. The number of amides is 2. The summed E-state index contributed by atoms with van der Waals surface area (Å²) in [5.74, 6) is 5.25. The number of carbonyl (C=O) groups is 3. The summed E-state index contributed by atoms with van der Waals surface area (Å²) in [4.78, 5) is 38.6. The Morgan fingerprint density at radius 2 is 1.75 bits per heavy atom. The fourth-order valence-corrected chi connectivity index (χ4v) is 2.76. The van der Waals surface area contributed by atoms with Crippen LogP contribution in [0.25, 0.3) is 0 Å². The van der Waals surface area contributed by atoms with Crippen molar-refractivity contribution in [2.45, 2.75) is 25.7 Å². The van der Waals surface area contributed by atoms with Gasteiger partial charge in [0.05, 0.1) is 6.54 Å². The third-order valence-corrected chi connectivity index (χ3v) is 4.13. The first kappa shape index (κ1) is 14.9. The minimum absolute atomic E-state index is 0.0864. The summed E-state index contributed by atoms with van der Waals surface area (Å²) in [6.07, 6.45) is 2.42. The summed E-state index contributed by atoms with van der Waals surface area (Å²) >= 11 is 0. The van der Waals surface area contributed by atoms with Crippen molar-refractivity contribution in [2.24, 2.45) is 11.8 Å².